The normalized spacial score (nSPS) is 23.3. The van der Waals surface area contributed by atoms with Crippen molar-refractivity contribution >= 4 is 23.4 Å². The van der Waals surface area contributed by atoms with E-state index in [1.807, 2.05) is 30.5 Å². The first-order valence-electron chi connectivity index (χ1n) is 5.16. The molecule has 2 atom stereocenters. The second-order valence-electron chi connectivity index (χ2n) is 3.89. The first-order valence-corrected chi connectivity index (χ1v) is 6.69. The highest BCUT2D eigenvalue weighted by atomic mass is 35.5. The molecular formula is C10H16ClN3S. The maximum Gasteiger partial charge on any atom is 0.0834 e. The van der Waals surface area contributed by atoms with Crippen LogP contribution in [0, 0.1) is 5.92 Å². The molecule has 2 heterocycles. The van der Waals surface area contributed by atoms with Crippen molar-refractivity contribution in [3.8, 4) is 0 Å². The first-order chi connectivity index (χ1) is 7.24. The van der Waals surface area contributed by atoms with E-state index in [-0.39, 0.29) is 0 Å². The van der Waals surface area contributed by atoms with Gasteiger partial charge in [-0.2, -0.15) is 16.9 Å². The monoisotopic (exact) mass is 245 g/mol. The Kier molecular flexibility index (Phi) is 3.59. The molecule has 0 radical (unpaired) electrons. The molecule has 0 aliphatic carbocycles. The third kappa shape index (κ3) is 2.17. The molecule has 2 rings (SSSR count). The molecule has 1 aromatic rings. The fraction of sp³-hybridized carbons (Fsp3) is 0.700. The maximum atomic E-state index is 6.17. The van der Waals surface area contributed by atoms with Crippen LogP contribution >= 0.6 is 23.4 Å². The maximum absolute atomic E-state index is 6.17. The summed E-state index contributed by atoms with van der Waals surface area (Å²) in [4.78, 5) is 0. The molecule has 2 unspecified atom stereocenters. The van der Waals surface area contributed by atoms with Gasteiger partial charge in [-0.05, 0) is 30.9 Å². The fourth-order valence-electron chi connectivity index (χ4n) is 2.18. The highest BCUT2D eigenvalue weighted by Gasteiger charge is 2.29. The van der Waals surface area contributed by atoms with E-state index in [2.05, 4.69) is 10.4 Å². The van der Waals surface area contributed by atoms with Crippen molar-refractivity contribution in [3.63, 3.8) is 0 Å². The number of aryl methyl sites for hydroxylation is 1. The third-order valence-corrected chi connectivity index (χ3v) is 4.46. The minimum Gasteiger partial charge on any atom is -0.311 e. The summed E-state index contributed by atoms with van der Waals surface area (Å²) >= 11 is 8.19. The van der Waals surface area contributed by atoms with E-state index in [1.54, 1.807) is 6.20 Å². The lowest BCUT2D eigenvalue weighted by Crippen LogP contribution is -2.27. The van der Waals surface area contributed by atoms with Crippen molar-refractivity contribution < 1.29 is 0 Å². The van der Waals surface area contributed by atoms with Gasteiger partial charge >= 0.3 is 0 Å². The molecule has 84 valence electrons. The molecule has 0 bridgehead atoms. The lowest BCUT2D eigenvalue weighted by atomic mass is 9.96. The van der Waals surface area contributed by atoms with Crippen LogP contribution in [0.4, 0.5) is 0 Å². The molecule has 1 saturated heterocycles. The van der Waals surface area contributed by atoms with Crippen molar-refractivity contribution in [1.29, 1.82) is 0 Å². The number of nitrogens with zero attached hydrogens (tertiary/aromatic N) is 2. The predicted octanol–water partition coefficient (Wildman–Crippen LogP) is 2.09. The number of thioether (sulfide) groups is 1. The summed E-state index contributed by atoms with van der Waals surface area (Å²) in [5.74, 6) is 3.15. The molecule has 1 aromatic heterocycles. The summed E-state index contributed by atoms with van der Waals surface area (Å²) < 4.78 is 1.88. The second-order valence-corrected chi connectivity index (χ2v) is 5.45. The SMILES string of the molecule is CNC(c1c(Cl)cnn1C)C1CCSC1. The van der Waals surface area contributed by atoms with Crippen molar-refractivity contribution in [2.75, 3.05) is 18.6 Å². The minimum atomic E-state index is 0.333. The van der Waals surface area contributed by atoms with Gasteiger partial charge in [0.05, 0.1) is 23.0 Å². The van der Waals surface area contributed by atoms with Crippen LogP contribution in [0.1, 0.15) is 18.2 Å². The van der Waals surface area contributed by atoms with Gasteiger partial charge in [0.1, 0.15) is 0 Å². The van der Waals surface area contributed by atoms with E-state index in [0.29, 0.717) is 12.0 Å². The van der Waals surface area contributed by atoms with E-state index in [0.717, 1.165) is 10.7 Å². The van der Waals surface area contributed by atoms with Crippen molar-refractivity contribution in [3.05, 3.63) is 16.9 Å². The summed E-state index contributed by atoms with van der Waals surface area (Å²) in [6, 6.07) is 0.333. The minimum absolute atomic E-state index is 0.333. The van der Waals surface area contributed by atoms with Gasteiger partial charge < -0.3 is 5.32 Å². The summed E-state index contributed by atoms with van der Waals surface area (Å²) in [5, 5.41) is 8.34. The van der Waals surface area contributed by atoms with Crippen LogP contribution < -0.4 is 5.32 Å². The molecule has 0 amide bonds. The summed E-state index contributed by atoms with van der Waals surface area (Å²) in [5.41, 5.74) is 1.12. The molecular weight excluding hydrogens is 230 g/mol. The number of halogens is 1. The Bertz CT molecular complexity index is 314. The quantitative estimate of drug-likeness (QED) is 0.885. The third-order valence-electron chi connectivity index (χ3n) is 2.98. The zero-order valence-electron chi connectivity index (χ0n) is 9.03. The second kappa shape index (κ2) is 4.76. The van der Waals surface area contributed by atoms with E-state index >= 15 is 0 Å². The highest BCUT2D eigenvalue weighted by molar-refractivity contribution is 7.99. The fourth-order valence-corrected chi connectivity index (χ4v) is 3.76. The van der Waals surface area contributed by atoms with Crippen LogP contribution in [0.25, 0.3) is 0 Å². The average Bonchev–Trinajstić information content (AvgIpc) is 2.83. The van der Waals surface area contributed by atoms with Gasteiger partial charge in [-0.3, -0.25) is 4.68 Å². The zero-order valence-corrected chi connectivity index (χ0v) is 10.6. The van der Waals surface area contributed by atoms with E-state index in [9.17, 15) is 0 Å². The van der Waals surface area contributed by atoms with Crippen LogP contribution in [0.15, 0.2) is 6.20 Å². The number of nitrogens with one attached hydrogen (secondary N) is 1. The van der Waals surface area contributed by atoms with Gasteiger partial charge in [-0.1, -0.05) is 11.6 Å². The number of hydrogen-bond acceptors (Lipinski definition) is 3. The first kappa shape index (κ1) is 11.3. The molecule has 15 heavy (non-hydrogen) atoms. The van der Waals surface area contributed by atoms with E-state index < -0.39 is 0 Å². The number of hydrogen-bond donors (Lipinski definition) is 1. The smallest absolute Gasteiger partial charge is 0.0834 e. The Morgan fingerprint density at radius 1 is 1.73 bits per heavy atom. The van der Waals surface area contributed by atoms with Gasteiger partial charge in [0.15, 0.2) is 0 Å². The van der Waals surface area contributed by atoms with Crippen molar-refractivity contribution in [1.82, 2.24) is 15.1 Å². The molecule has 0 aromatic carbocycles. The number of aromatic nitrogens is 2. The van der Waals surface area contributed by atoms with Crippen LogP contribution in [0.5, 0.6) is 0 Å². The van der Waals surface area contributed by atoms with E-state index in [4.69, 9.17) is 11.6 Å². The topological polar surface area (TPSA) is 29.9 Å². The lowest BCUT2D eigenvalue weighted by molar-refractivity contribution is 0.397. The summed E-state index contributed by atoms with van der Waals surface area (Å²) in [6.45, 7) is 0. The molecule has 0 saturated carbocycles. The van der Waals surface area contributed by atoms with Crippen LogP contribution in [0.2, 0.25) is 5.02 Å². The molecule has 0 spiro atoms. The van der Waals surface area contributed by atoms with Crippen molar-refractivity contribution in [2.24, 2.45) is 13.0 Å². The van der Waals surface area contributed by atoms with Gasteiger partial charge in [0, 0.05) is 7.05 Å². The molecule has 5 heteroatoms. The van der Waals surface area contributed by atoms with Crippen LogP contribution in [0.3, 0.4) is 0 Å². The summed E-state index contributed by atoms with van der Waals surface area (Å²) in [7, 11) is 3.95. The number of rotatable bonds is 3. The zero-order chi connectivity index (χ0) is 10.8. The predicted molar refractivity (Wildman–Crippen MR) is 65.5 cm³/mol. The standard InChI is InChI=1S/C10H16ClN3S/c1-12-9(7-3-4-15-6-7)10-8(11)5-13-14(10)2/h5,7,9,12H,3-4,6H2,1-2H3. The Morgan fingerprint density at radius 2 is 2.53 bits per heavy atom. The average molecular weight is 246 g/mol. The van der Waals surface area contributed by atoms with Gasteiger partial charge in [-0.15, -0.1) is 0 Å². The molecule has 1 aliphatic heterocycles. The van der Waals surface area contributed by atoms with Crippen LogP contribution in [-0.4, -0.2) is 28.3 Å². The largest absolute Gasteiger partial charge is 0.311 e. The summed E-state index contributed by atoms with van der Waals surface area (Å²) in [6.07, 6.45) is 2.99. The Morgan fingerprint density at radius 3 is 3.00 bits per heavy atom. The lowest BCUT2D eigenvalue weighted by Gasteiger charge is -2.23. The van der Waals surface area contributed by atoms with Crippen molar-refractivity contribution in [2.45, 2.75) is 12.5 Å². The Labute approximate surface area is 99.6 Å². The highest BCUT2D eigenvalue weighted by Crippen LogP contribution is 2.36. The van der Waals surface area contributed by atoms with Crippen LogP contribution in [-0.2, 0) is 7.05 Å². The molecule has 1 fully saturated rings. The van der Waals surface area contributed by atoms with E-state index in [1.165, 1.54) is 17.9 Å². The molecule has 1 aliphatic rings. The molecule has 1 N–H and O–H groups in total. The van der Waals surface area contributed by atoms with Gasteiger partial charge in [0.25, 0.3) is 0 Å². The Balaban J connectivity index is 2.25. The molecule has 3 nitrogen and oxygen atoms in total. The van der Waals surface area contributed by atoms with Gasteiger partial charge in [0.2, 0.25) is 0 Å². The van der Waals surface area contributed by atoms with Gasteiger partial charge in [-0.25, -0.2) is 0 Å². The Hall–Kier alpha value is -0.190.